The summed E-state index contributed by atoms with van der Waals surface area (Å²) in [6.07, 6.45) is 14.0. The Kier molecular flexibility index (Phi) is 7.38. The first kappa shape index (κ1) is 25.2. The Morgan fingerprint density at radius 3 is 2.76 bits per heavy atom. The molecular weight excluding hydrogens is 420 g/mol. The van der Waals surface area contributed by atoms with Gasteiger partial charge in [0.15, 0.2) is 0 Å². The van der Waals surface area contributed by atoms with E-state index in [1.807, 2.05) is 13.8 Å². The molecule has 3 aliphatic carbocycles. The van der Waals surface area contributed by atoms with Gasteiger partial charge in [0, 0.05) is 6.42 Å². The molecule has 184 valence electrons. The van der Waals surface area contributed by atoms with Gasteiger partial charge in [0.05, 0.1) is 17.8 Å². The molecule has 4 rings (SSSR count). The predicted molar refractivity (Wildman–Crippen MR) is 140 cm³/mol. The molecule has 3 aliphatic rings. The molecule has 0 radical (unpaired) electrons. The van der Waals surface area contributed by atoms with Crippen molar-refractivity contribution >= 4 is 5.57 Å². The molecule has 0 heterocycles. The second kappa shape index (κ2) is 9.97. The minimum absolute atomic E-state index is 0.136. The lowest BCUT2D eigenvalue weighted by Crippen LogP contribution is -2.30. The number of hydrogen-bond donors (Lipinski definition) is 3. The summed E-state index contributed by atoms with van der Waals surface area (Å²) in [5.74, 6) is 0.499. The fraction of sp³-hybridized carbons (Fsp3) is 0.548. The molecule has 0 spiro atoms. The van der Waals surface area contributed by atoms with Gasteiger partial charge in [-0.05, 0) is 104 Å². The molecule has 0 saturated heterocycles. The lowest BCUT2D eigenvalue weighted by Gasteiger charge is -2.41. The standard InChI is InChI=1S/C31H42O3/c1-21-24(19-26(32)20-29(21)33)13-12-23-11-7-17-31(4)27(23)14-15-28(31)25-10-5-8-22(18-25)9-6-16-30(2,3)34/h5,8,10,12-13,15,18,26-27,29,32-34H,1,6-7,9,11,14,16-17,19-20H2,2-4H3/b23-12+,24-13-/t26-,27+,29+,31+/m1/s1. The van der Waals surface area contributed by atoms with Gasteiger partial charge in [-0.25, -0.2) is 0 Å². The van der Waals surface area contributed by atoms with Crippen molar-refractivity contribution in [2.45, 2.75) is 96.4 Å². The summed E-state index contributed by atoms with van der Waals surface area (Å²) in [6, 6.07) is 9.01. The molecule has 34 heavy (non-hydrogen) atoms. The molecule has 2 saturated carbocycles. The molecule has 1 aromatic carbocycles. The van der Waals surface area contributed by atoms with Crippen molar-refractivity contribution in [1.29, 1.82) is 0 Å². The molecular formula is C31H42O3. The lowest BCUT2D eigenvalue weighted by molar-refractivity contribution is 0.0689. The maximum absolute atomic E-state index is 10.2. The predicted octanol–water partition coefficient (Wildman–Crippen LogP) is 6.30. The molecule has 3 heteroatoms. The summed E-state index contributed by atoms with van der Waals surface area (Å²) >= 11 is 0. The normalized spacial score (nSPS) is 32.2. The third-order valence-corrected chi connectivity index (χ3v) is 8.31. The van der Waals surface area contributed by atoms with Crippen LogP contribution in [0.4, 0.5) is 0 Å². The van der Waals surface area contributed by atoms with Crippen LogP contribution in [0.5, 0.6) is 0 Å². The van der Waals surface area contributed by atoms with Gasteiger partial charge in [-0.1, -0.05) is 61.6 Å². The molecule has 0 amide bonds. The summed E-state index contributed by atoms with van der Waals surface area (Å²) in [5.41, 5.74) is 6.92. The summed E-state index contributed by atoms with van der Waals surface area (Å²) in [6.45, 7) is 10.3. The van der Waals surface area contributed by atoms with Gasteiger partial charge in [0.2, 0.25) is 0 Å². The Morgan fingerprint density at radius 1 is 1.21 bits per heavy atom. The van der Waals surface area contributed by atoms with Gasteiger partial charge in [0.25, 0.3) is 0 Å². The average molecular weight is 463 g/mol. The van der Waals surface area contributed by atoms with Crippen LogP contribution in [0.3, 0.4) is 0 Å². The molecule has 3 nitrogen and oxygen atoms in total. The van der Waals surface area contributed by atoms with E-state index in [4.69, 9.17) is 0 Å². The molecule has 0 bridgehead atoms. The van der Waals surface area contributed by atoms with Gasteiger partial charge in [0.1, 0.15) is 0 Å². The van der Waals surface area contributed by atoms with E-state index in [1.165, 1.54) is 35.1 Å². The highest BCUT2D eigenvalue weighted by Gasteiger charge is 2.45. The van der Waals surface area contributed by atoms with Crippen LogP contribution in [0, 0.1) is 11.3 Å². The second-order valence-corrected chi connectivity index (χ2v) is 11.6. The number of benzene rings is 1. The second-order valence-electron chi connectivity index (χ2n) is 11.6. The zero-order valence-electron chi connectivity index (χ0n) is 21.2. The molecule has 3 N–H and O–H groups in total. The Labute approximate surface area is 205 Å². The Morgan fingerprint density at radius 2 is 2.00 bits per heavy atom. The van der Waals surface area contributed by atoms with E-state index in [1.54, 1.807) is 0 Å². The summed E-state index contributed by atoms with van der Waals surface area (Å²) in [4.78, 5) is 0. The van der Waals surface area contributed by atoms with E-state index in [-0.39, 0.29) is 5.41 Å². The van der Waals surface area contributed by atoms with Gasteiger partial charge in [-0.15, -0.1) is 0 Å². The maximum Gasteiger partial charge on any atom is 0.0811 e. The van der Waals surface area contributed by atoms with E-state index in [0.717, 1.165) is 43.3 Å². The number of aliphatic hydroxyl groups excluding tert-OH is 2. The van der Waals surface area contributed by atoms with Crippen LogP contribution >= 0.6 is 0 Å². The minimum Gasteiger partial charge on any atom is -0.393 e. The van der Waals surface area contributed by atoms with Crippen LogP contribution in [0.1, 0.15) is 83.3 Å². The molecule has 0 aliphatic heterocycles. The highest BCUT2D eigenvalue weighted by Crippen LogP contribution is 2.57. The Hall–Kier alpha value is -1.94. The van der Waals surface area contributed by atoms with Gasteiger partial charge in [-0.3, -0.25) is 0 Å². The van der Waals surface area contributed by atoms with E-state index in [0.29, 0.717) is 18.8 Å². The van der Waals surface area contributed by atoms with Gasteiger partial charge < -0.3 is 15.3 Å². The van der Waals surface area contributed by atoms with E-state index in [9.17, 15) is 15.3 Å². The van der Waals surface area contributed by atoms with Crippen molar-refractivity contribution in [3.63, 3.8) is 0 Å². The molecule has 2 fully saturated rings. The van der Waals surface area contributed by atoms with Crippen LogP contribution in [0.15, 0.2) is 65.8 Å². The maximum atomic E-state index is 10.2. The SMILES string of the molecule is C=C1/C(=C\C=C2/CCC[C@]3(C)C(c4cccc(CCCC(C)(C)O)c4)=CC[C@@H]23)C[C@@H](O)C[C@@H]1O. The Bertz CT molecular complexity index is 1010. The number of aryl methyl sites for hydroxylation is 1. The van der Waals surface area contributed by atoms with Gasteiger partial charge in [-0.2, -0.15) is 0 Å². The number of hydrogen-bond acceptors (Lipinski definition) is 3. The van der Waals surface area contributed by atoms with E-state index < -0.39 is 17.8 Å². The number of allylic oxidation sites excluding steroid dienone is 5. The largest absolute Gasteiger partial charge is 0.393 e. The van der Waals surface area contributed by atoms with Crippen molar-refractivity contribution in [3.8, 4) is 0 Å². The monoisotopic (exact) mass is 462 g/mol. The van der Waals surface area contributed by atoms with Crippen LogP contribution in [0.2, 0.25) is 0 Å². The lowest BCUT2D eigenvalue weighted by atomic mass is 9.63. The summed E-state index contributed by atoms with van der Waals surface area (Å²) < 4.78 is 0. The highest BCUT2D eigenvalue weighted by atomic mass is 16.3. The first-order valence-electron chi connectivity index (χ1n) is 13.0. The fourth-order valence-electron chi connectivity index (χ4n) is 6.35. The van der Waals surface area contributed by atoms with Crippen LogP contribution in [-0.4, -0.2) is 33.1 Å². The summed E-state index contributed by atoms with van der Waals surface area (Å²) in [5, 5.41) is 30.3. The van der Waals surface area contributed by atoms with Crippen molar-refractivity contribution in [1.82, 2.24) is 0 Å². The fourth-order valence-corrected chi connectivity index (χ4v) is 6.35. The first-order valence-corrected chi connectivity index (χ1v) is 13.0. The number of rotatable bonds is 6. The minimum atomic E-state index is -0.638. The van der Waals surface area contributed by atoms with Crippen molar-refractivity contribution < 1.29 is 15.3 Å². The van der Waals surface area contributed by atoms with Crippen LogP contribution < -0.4 is 0 Å². The third-order valence-electron chi connectivity index (χ3n) is 8.31. The van der Waals surface area contributed by atoms with Crippen LogP contribution in [-0.2, 0) is 6.42 Å². The smallest absolute Gasteiger partial charge is 0.0811 e. The zero-order chi connectivity index (χ0) is 24.5. The molecule has 1 aromatic rings. The molecule has 0 unspecified atom stereocenters. The molecule has 0 aromatic heterocycles. The van der Waals surface area contributed by atoms with Crippen LogP contribution in [0.25, 0.3) is 5.57 Å². The third kappa shape index (κ3) is 5.48. The van der Waals surface area contributed by atoms with Crippen molar-refractivity contribution in [3.05, 3.63) is 76.9 Å². The summed E-state index contributed by atoms with van der Waals surface area (Å²) in [7, 11) is 0. The topological polar surface area (TPSA) is 60.7 Å². The average Bonchev–Trinajstić information content (AvgIpc) is 3.12. The quantitative estimate of drug-likeness (QED) is 0.465. The van der Waals surface area contributed by atoms with Gasteiger partial charge >= 0.3 is 0 Å². The van der Waals surface area contributed by atoms with Crippen molar-refractivity contribution in [2.75, 3.05) is 0 Å². The molecule has 4 atom stereocenters. The Balaban J connectivity index is 1.52. The van der Waals surface area contributed by atoms with Crippen molar-refractivity contribution in [2.24, 2.45) is 11.3 Å². The first-order chi connectivity index (χ1) is 16.1. The number of aliphatic hydroxyl groups is 3. The zero-order valence-corrected chi connectivity index (χ0v) is 21.2. The number of fused-ring (bicyclic) bond motifs is 1. The van der Waals surface area contributed by atoms with E-state index in [2.05, 4.69) is 56.0 Å². The highest BCUT2D eigenvalue weighted by molar-refractivity contribution is 5.74. The van der Waals surface area contributed by atoms with E-state index >= 15 is 0 Å².